The number of phenolic OH excluding ortho intramolecular Hbond substituents is 2. The van der Waals surface area contributed by atoms with E-state index in [0.717, 1.165) is 16.7 Å². The van der Waals surface area contributed by atoms with Crippen molar-refractivity contribution >= 4 is 0 Å². The van der Waals surface area contributed by atoms with Crippen molar-refractivity contribution in [3.8, 4) is 11.5 Å². The van der Waals surface area contributed by atoms with E-state index < -0.39 is 0 Å². The van der Waals surface area contributed by atoms with Crippen molar-refractivity contribution in [3.63, 3.8) is 0 Å². The molecule has 0 fully saturated rings. The first-order valence-corrected chi connectivity index (χ1v) is 8.13. The zero-order valence-corrected chi connectivity index (χ0v) is 15.1. The standard InChI is InChI=1S/C21H28O2/c1-20(2,3)15-12-18(21(4,5)6)17(19(23)13-15)11-14-7-9-16(22)10-8-14/h7-10,12-13,22-23H,11H2,1-6H3. The second-order valence-corrected chi connectivity index (χ2v) is 8.36. The van der Waals surface area contributed by atoms with E-state index in [0.29, 0.717) is 12.2 Å². The van der Waals surface area contributed by atoms with Crippen LogP contribution in [-0.4, -0.2) is 10.2 Å². The molecule has 0 aromatic heterocycles. The second kappa shape index (κ2) is 5.92. The molecular formula is C21H28O2. The molecule has 0 spiro atoms. The van der Waals surface area contributed by atoms with Gasteiger partial charge in [0.15, 0.2) is 0 Å². The van der Waals surface area contributed by atoms with Crippen molar-refractivity contribution in [1.29, 1.82) is 0 Å². The molecule has 23 heavy (non-hydrogen) atoms. The van der Waals surface area contributed by atoms with Crippen molar-refractivity contribution < 1.29 is 10.2 Å². The highest BCUT2D eigenvalue weighted by atomic mass is 16.3. The molecule has 0 unspecified atom stereocenters. The average Bonchev–Trinajstić information content (AvgIpc) is 2.40. The van der Waals surface area contributed by atoms with Gasteiger partial charge in [-0.15, -0.1) is 0 Å². The largest absolute Gasteiger partial charge is 0.508 e. The predicted octanol–water partition coefficient (Wildman–Crippen LogP) is 5.28. The summed E-state index contributed by atoms with van der Waals surface area (Å²) in [5.41, 5.74) is 4.31. The summed E-state index contributed by atoms with van der Waals surface area (Å²) in [6, 6.07) is 11.3. The summed E-state index contributed by atoms with van der Waals surface area (Å²) in [6.07, 6.45) is 0.656. The zero-order valence-electron chi connectivity index (χ0n) is 15.1. The molecule has 0 amide bonds. The minimum Gasteiger partial charge on any atom is -0.508 e. The Morgan fingerprint density at radius 3 is 1.83 bits per heavy atom. The Labute approximate surface area is 139 Å². The molecule has 2 aromatic carbocycles. The number of benzene rings is 2. The lowest BCUT2D eigenvalue weighted by molar-refractivity contribution is 0.458. The van der Waals surface area contributed by atoms with Gasteiger partial charge in [-0.2, -0.15) is 0 Å². The summed E-state index contributed by atoms with van der Waals surface area (Å²) < 4.78 is 0. The third-order valence-corrected chi connectivity index (χ3v) is 4.22. The van der Waals surface area contributed by atoms with Crippen LogP contribution in [0.25, 0.3) is 0 Å². The molecule has 0 aliphatic heterocycles. The van der Waals surface area contributed by atoms with Crippen LogP contribution in [-0.2, 0) is 17.3 Å². The zero-order chi connectivity index (χ0) is 17.4. The van der Waals surface area contributed by atoms with Crippen LogP contribution in [0.4, 0.5) is 0 Å². The Hall–Kier alpha value is -1.96. The highest BCUT2D eigenvalue weighted by Crippen LogP contribution is 2.37. The van der Waals surface area contributed by atoms with Gasteiger partial charge in [-0.25, -0.2) is 0 Å². The summed E-state index contributed by atoms with van der Waals surface area (Å²) >= 11 is 0. The van der Waals surface area contributed by atoms with Crippen LogP contribution >= 0.6 is 0 Å². The maximum absolute atomic E-state index is 10.7. The van der Waals surface area contributed by atoms with Gasteiger partial charge < -0.3 is 10.2 Å². The molecule has 0 bridgehead atoms. The minimum atomic E-state index is -0.0506. The van der Waals surface area contributed by atoms with E-state index in [2.05, 4.69) is 47.6 Å². The Morgan fingerprint density at radius 2 is 1.35 bits per heavy atom. The molecule has 0 radical (unpaired) electrons. The first-order valence-electron chi connectivity index (χ1n) is 8.13. The summed E-state index contributed by atoms with van der Waals surface area (Å²) in [4.78, 5) is 0. The van der Waals surface area contributed by atoms with Crippen LogP contribution in [0.3, 0.4) is 0 Å². The fourth-order valence-corrected chi connectivity index (χ4v) is 2.76. The summed E-state index contributed by atoms with van der Waals surface area (Å²) in [5.74, 6) is 0.618. The van der Waals surface area contributed by atoms with Crippen LogP contribution in [0, 0.1) is 0 Å². The molecule has 2 rings (SSSR count). The van der Waals surface area contributed by atoms with Gasteiger partial charge in [0.1, 0.15) is 11.5 Å². The van der Waals surface area contributed by atoms with Crippen LogP contribution in [0.15, 0.2) is 36.4 Å². The number of hydrogen-bond acceptors (Lipinski definition) is 2. The number of rotatable bonds is 2. The van der Waals surface area contributed by atoms with Crippen LogP contribution in [0.1, 0.15) is 63.8 Å². The molecule has 2 N–H and O–H groups in total. The average molecular weight is 312 g/mol. The molecule has 0 atom stereocenters. The van der Waals surface area contributed by atoms with Gasteiger partial charge in [0, 0.05) is 12.0 Å². The van der Waals surface area contributed by atoms with E-state index in [9.17, 15) is 10.2 Å². The highest BCUT2D eigenvalue weighted by Gasteiger charge is 2.25. The summed E-state index contributed by atoms with van der Waals surface area (Å²) in [7, 11) is 0. The lowest BCUT2D eigenvalue weighted by atomic mass is 9.77. The van der Waals surface area contributed by atoms with Gasteiger partial charge in [0.05, 0.1) is 0 Å². The van der Waals surface area contributed by atoms with Crippen LogP contribution in [0.2, 0.25) is 0 Å². The van der Waals surface area contributed by atoms with Crippen molar-refractivity contribution in [3.05, 3.63) is 58.7 Å². The Bertz CT molecular complexity index is 684. The van der Waals surface area contributed by atoms with Gasteiger partial charge >= 0.3 is 0 Å². The van der Waals surface area contributed by atoms with Gasteiger partial charge in [-0.3, -0.25) is 0 Å². The lowest BCUT2D eigenvalue weighted by Gasteiger charge is -2.28. The molecule has 2 heteroatoms. The summed E-state index contributed by atoms with van der Waals surface area (Å²) in [6.45, 7) is 13.0. The van der Waals surface area contributed by atoms with E-state index in [-0.39, 0.29) is 16.6 Å². The van der Waals surface area contributed by atoms with E-state index in [1.807, 2.05) is 18.2 Å². The molecule has 0 aliphatic carbocycles. The first-order chi connectivity index (χ1) is 10.5. The van der Waals surface area contributed by atoms with E-state index in [4.69, 9.17) is 0 Å². The van der Waals surface area contributed by atoms with Crippen LogP contribution < -0.4 is 0 Å². The Balaban J connectivity index is 2.55. The number of aromatic hydroxyl groups is 2. The number of phenols is 2. The van der Waals surface area contributed by atoms with Gasteiger partial charge in [0.2, 0.25) is 0 Å². The predicted molar refractivity (Wildman–Crippen MR) is 96.4 cm³/mol. The van der Waals surface area contributed by atoms with Gasteiger partial charge in [-0.1, -0.05) is 59.7 Å². The molecule has 0 saturated heterocycles. The SMILES string of the molecule is CC(C)(C)c1cc(O)c(Cc2ccc(O)cc2)c(C(C)(C)C)c1. The Kier molecular flexibility index (Phi) is 4.48. The van der Waals surface area contributed by atoms with Crippen molar-refractivity contribution in [2.45, 2.75) is 58.8 Å². The highest BCUT2D eigenvalue weighted by molar-refractivity contribution is 5.50. The molecule has 0 heterocycles. The first kappa shape index (κ1) is 17.4. The fourth-order valence-electron chi connectivity index (χ4n) is 2.76. The van der Waals surface area contributed by atoms with Gasteiger partial charge in [0.25, 0.3) is 0 Å². The monoisotopic (exact) mass is 312 g/mol. The van der Waals surface area contributed by atoms with Crippen molar-refractivity contribution in [1.82, 2.24) is 0 Å². The van der Waals surface area contributed by atoms with E-state index in [1.54, 1.807) is 12.1 Å². The quantitative estimate of drug-likeness (QED) is 0.791. The molecule has 124 valence electrons. The number of hydrogen-bond donors (Lipinski definition) is 2. The molecule has 0 aliphatic rings. The molecule has 0 saturated carbocycles. The smallest absolute Gasteiger partial charge is 0.119 e. The second-order valence-electron chi connectivity index (χ2n) is 8.36. The minimum absolute atomic E-state index is 0.00541. The third kappa shape index (κ3) is 4.07. The topological polar surface area (TPSA) is 40.5 Å². The lowest BCUT2D eigenvalue weighted by Crippen LogP contribution is -2.18. The fraction of sp³-hybridized carbons (Fsp3) is 0.429. The van der Waals surface area contributed by atoms with Crippen molar-refractivity contribution in [2.24, 2.45) is 0 Å². The normalized spacial score (nSPS) is 12.4. The van der Waals surface area contributed by atoms with Crippen molar-refractivity contribution in [2.75, 3.05) is 0 Å². The Morgan fingerprint density at radius 1 is 0.783 bits per heavy atom. The maximum Gasteiger partial charge on any atom is 0.119 e. The van der Waals surface area contributed by atoms with Crippen LogP contribution in [0.5, 0.6) is 11.5 Å². The third-order valence-electron chi connectivity index (χ3n) is 4.22. The van der Waals surface area contributed by atoms with Gasteiger partial charge in [-0.05, 0) is 45.7 Å². The summed E-state index contributed by atoms with van der Waals surface area (Å²) in [5, 5.41) is 20.1. The molecule has 2 nitrogen and oxygen atoms in total. The maximum atomic E-state index is 10.7. The molecule has 2 aromatic rings. The molecular weight excluding hydrogens is 284 g/mol. The van der Waals surface area contributed by atoms with E-state index >= 15 is 0 Å². The van der Waals surface area contributed by atoms with E-state index in [1.165, 1.54) is 5.56 Å².